The van der Waals surface area contributed by atoms with Crippen LogP contribution in [0.15, 0.2) is 36.6 Å². The van der Waals surface area contributed by atoms with Gasteiger partial charge in [0.25, 0.3) is 0 Å². The maximum Gasteiger partial charge on any atom is 0.331 e. The summed E-state index contributed by atoms with van der Waals surface area (Å²) in [4.78, 5) is 12.9. The van der Waals surface area contributed by atoms with Crippen molar-refractivity contribution in [1.29, 1.82) is 0 Å². The number of carbonyl (C=O) groups is 1. The van der Waals surface area contributed by atoms with E-state index in [2.05, 4.69) is 0 Å². The molecule has 266 valence electrons. The summed E-state index contributed by atoms with van der Waals surface area (Å²) in [6.07, 6.45) is -12.2. The van der Waals surface area contributed by atoms with Gasteiger partial charge in [0, 0.05) is 12.0 Å². The molecule has 3 saturated heterocycles. The van der Waals surface area contributed by atoms with Gasteiger partial charge < -0.3 is 78.7 Å². The lowest BCUT2D eigenvalue weighted by atomic mass is 9.85. The number of hydrogen-bond acceptors (Lipinski definition) is 17. The van der Waals surface area contributed by atoms with Crippen LogP contribution in [0.5, 0.6) is 11.5 Å². The second kappa shape index (κ2) is 13.8. The molecule has 0 radical (unpaired) electrons. The third-order valence-electron chi connectivity index (χ3n) is 9.54. The maximum absolute atomic E-state index is 12.9. The highest BCUT2D eigenvalue weighted by Gasteiger charge is 2.77. The summed E-state index contributed by atoms with van der Waals surface area (Å²) < 4.78 is 45.7. The Balaban J connectivity index is 1.18. The van der Waals surface area contributed by atoms with Crippen LogP contribution in [-0.2, 0) is 38.0 Å². The van der Waals surface area contributed by atoms with Gasteiger partial charge in [-0.25, -0.2) is 4.79 Å². The summed E-state index contributed by atoms with van der Waals surface area (Å²) in [6, 6.07) is 4.47. The quantitative estimate of drug-likeness (QED) is 0.0705. The number of esters is 1. The number of aliphatic hydroxyl groups is 7. The number of fused-ring (bicyclic) bond motifs is 3. The minimum atomic E-state index is -1.71. The van der Waals surface area contributed by atoms with Crippen molar-refractivity contribution in [1.82, 2.24) is 0 Å². The topological polar surface area (TPSA) is 256 Å². The van der Waals surface area contributed by atoms with Gasteiger partial charge in [-0.1, -0.05) is 6.07 Å². The smallest absolute Gasteiger partial charge is 0.331 e. The van der Waals surface area contributed by atoms with E-state index in [-0.39, 0.29) is 11.5 Å². The van der Waals surface area contributed by atoms with Crippen molar-refractivity contribution >= 4 is 12.0 Å². The average molecular weight is 685 g/mol. The molecule has 17 heteroatoms. The number of hydrogen-bond donors (Lipinski definition) is 8. The first kappa shape index (κ1) is 34.9. The van der Waals surface area contributed by atoms with Crippen LogP contribution in [0, 0.1) is 11.8 Å². The van der Waals surface area contributed by atoms with Crippen LogP contribution < -0.4 is 4.74 Å². The van der Waals surface area contributed by atoms with Crippen molar-refractivity contribution in [3.05, 3.63) is 42.2 Å². The van der Waals surface area contributed by atoms with E-state index in [1.54, 1.807) is 12.1 Å². The van der Waals surface area contributed by atoms with Gasteiger partial charge in [-0.2, -0.15) is 0 Å². The van der Waals surface area contributed by atoms with Crippen LogP contribution in [0.1, 0.15) is 12.5 Å². The molecule has 48 heavy (non-hydrogen) atoms. The van der Waals surface area contributed by atoms with Crippen molar-refractivity contribution < 1.29 is 83.5 Å². The van der Waals surface area contributed by atoms with E-state index in [1.807, 2.05) is 0 Å². The van der Waals surface area contributed by atoms with Gasteiger partial charge in [-0.05, 0) is 36.8 Å². The SMILES string of the molecule is COc1ccc(C=CC(=O)OC2C(OC3C4C=COC(OC5OC(CO)C(O)C(O)C5O)C4C4(CO)OC34)OC(C)C(O)C2O)cc1O. The molecule has 0 aromatic heterocycles. The summed E-state index contributed by atoms with van der Waals surface area (Å²) in [7, 11) is 1.40. The molecule has 0 amide bonds. The van der Waals surface area contributed by atoms with Gasteiger partial charge in [0.1, 0.15) is 48.3 Å². The Labute approximate surface area is 274 Å². The monoisotopic (exact) mass is 684 g/mol. The third kappa shape index (κ3) is 6.19. The molecule has 8 N–H and O–H groups in total. The Morgan fingerprint density at radius 1 is 0.938 bits per heavy atom. The molecule has 4 aliphatic heterocycles. The first-order valence-electron chi connectivity index (χ1n) is 15.4. The Kier molecular flexibility index (Phi) is 10.0. The van der Waals surface area contributed by atoms with Crippen LogP contribution in [0.25, 0.3) is 6.08 Å². The predicted octanol–water partition coefficient (Wildman–Crippen LogP) is -2.76. The van der Waals surface area contributed by atoms with Crippen LogP contribution in [0.4, 0.5) is 0 Å². The lowest BCUT2D eigenvalue weighted by Crippen LogP contribution is -2.61. The summed E-state index contributed by atoms with van der Waals surface area (Å²) >= 11 is 0. The fraction of sp³-hybridized carbons (Fsp3) is 0.645. The molecule has 0 bridgehead atoms. The van der Waals surface area contributed by atoms with E-state index in [0.717, 1.165) is 6.08 Å². The fourth-order valence-corrected chi connectivity index (χ4v) is 6.85. The minimum absolute atomic E-state index is 0.145. The average Bonchev–Trinajstić information content (AvgIpc) is 3.75. The van der Waals surface area contributed by atoms with E-state index < -0.39 is 117 Å². The fourth-order valence-electron chi connectivity index (χ4n) is 6.85. The third-order valence-corrected chi connectivity index (χ3v) is 9.54. The Morgan fingerprint density at radius 3 is 2.40 bits per heavy atom. The summed E-state index contributed by atoms with van der Waals surface area (Å²) in [6.45, 7) is 0.328. The number of methoxy groups -OCH3 is 1. The van der Waals surface area contributed by atoms with Gasteiger partial charge in [0.05, 0.1) is 44.7 Å². The minimum Gasteiger partial charge on any atom is -0.504 e. The highest BCUT2D eigenvalue weighted by Crippen LogP contribution is 2.61. The van der Waals surface area contributed by atoms with E-state index in [1.165, 1.54) is 38.5 Å². The molecule has 5 aliphatic rings. The molecule has 6 rings (SSSR count). The van der Waals surface area contributed by atoms with E-state index in [4.69, 9.17) is 37.9 Å². The normalized spacial score (nSPS) is 44.9. The Bertz CT molecular complexity index is 1370. The maximum atomic E-state index is 12.9. The number of phenolic OH excluding ortho intramolecular Hbond substituents is 1. The Hall–Kier alpha value is -2.91. The summed E-state index contributed by atoms with van der Waals surface area (Å²) in [5.41, 5.74) is -0.807. The molecule has 1 aliphatic carbocycles. The van der Waals surface area contributed by atoms with Crippen molar-refractivity contribution in [3.8, 4) is 11.5 Å². The van der Waals surface area contributed by atoms with Crippen molar-refractivity contribution in [2.45, 2.75) is 92.4 Å². The number of aliphatic hydroxyl groups excluding tert-OH is 7. The van der Waals surface area contributed by atoms with Crippen LogP contribution in [-0.4, -0.2) is 153 Å². The first-order chi connectivity index (χ1) is 22.9. The zero-order chi connectivity index (χ0) is 34.5. The molecular formula is C31H40O17. The predicted molar refractivity (Wildman–Crippen MR) is 155 cm³/mol. The van der Waals surface area contributed by atoms with E-state index >= 15 is 0 Å². The van der Waals surface area contributed by atoms with Gasteiger partial charge >= 0.3 is 5.97 Å². The second-order valence-corrected chi connectivity index (χ2v) is 12.4. The van der Waals surface area contributed by atoms with Gasteiger partial charge in [-0.3, -0.25) is 0 Å². The molecule has 17 nitrogen and oxygen atoms in total. The van der Waals surface area contributed by atoms with Gasteiger partial charge in [0.2, 0.25) is 6.29 Å². The number of aromatic hydroxyl groups is 1. The molecular weight excluding hydrogens is 644 g/mol. The lowest BCUT2D eigenvalue weighted by Gasteiger charge is -2.44. The zero-order valence-electron chi connectivity index (χ0n) is 25.9. The number of epoxide rings is 1. The second-order valence-electron chi connectivity index (χ2n) is 12.4. The number of ether oxygens (including phenoxy) is 8. The zero-order valence-corrected chi connectivity index (χ0v) is 25.9. The molecule has 16 atom stereocenters. The van der Waals surface area contributed by atoms with Crippen LogP contribution >= 0.6 is 0 Å². The van der Waals surface area contributed by atoms with Crippen LogP contribution in [0.2, 0.25) is 0 Å². The molecule has 1 aromatic rings. The standard InChI is InChI=1S/C31H40O17/c1-12-20(36)23(39)26(45-18(35)6-4-13-3-5-16(41-2)15(34)9-13)30(43-12)46-25-14-7-8-42-28(19(14)31(11-33)27(25)48-31)47-29-24(40)22(38)21(37)17(10-32)44-29/h3-9,12,14,17,19-30,32-34,36-40H,10-11H2,1-2H3. The van der Waals surface area contributed by atoms with Crippen molar-refractivity contribution in [3.63, 3.8) is 0 Å². The highest BCUT2D eigenvalue weighted by atomic mass is 16.8. The molecule has 16 unspecified atom stereocenters. The van der Waals surface area contributed by atoms with E-state index in [9.17, 15) is 45.6 Å². The molecule has 1 aromatic carbocycles. The molecule has 0 spiro atoms. The number of phenols is 1. The largest absolute Gasteiger partial charge is 0.504 e. The summed E-state index contributed by atoms with van der Waals surface area (Å²) in [5, 5.41) is 82.4. The van der Waals surface area contributed by atoms with Gasteiger partial charge in [0.15, 0.2) is 30.2 Å². The first-order valence-corrected chi connectivity index (χ1v) is 15.4. The van der Waals surface area contributed by atoms with Crippen molar-refractivity contribution in [2.24, 2.45) is 11.8 Å². The highest BCUT2D eigenvalue weighted by molar-refractivity contribution is 5.87. The number of benzene rings is 1. The van der Waals surface area contributed by atoms with E-state index in [0.29, 0.717) is 5.56 Å². The molecule has 1 saturated carbocycles. The number of carbonyl (C=O) groups excluding carboxylic acids is 1. The molecule has 4 heterocycles. The van der Waals surface area contributed by atoms with Gasteiger partial charge in [-0.15, -0.1) is 0 Å². The lowest BCUT2D eigenvalue weighted by molar-refractivity contribution is -0.347. The summed E-state index contributed by atoms with van der Waals surface area (Å²) in [5.74, 6) is -2.19. The van der Waals surface area contributed by atoms with Crippen molar-refractivity contribution in [2.75, 3.05) is 20.3 Å². The molecule has 4 fully saturated rings. The Morgan fingerprint density at radius 2 is 1.71 bits per heavy atom. The number of rotatable bonds is 10. The van der Waals surface area contributed by atoms with Crippen LogP contribution in [0.3, 0.4) is 0 Å².